The summed E-state index contributed by atoms with van der Waals surface area (Å²) in [5, 5.41) is 19.7. The van der Waals surface area contributed by atoms with Gasteiger partial charge in [0, 0.05) is 11.9 Å². The lowest BCUT2D eigenvalue weighted by Crippen LogP contribution is -2.31. The van der Waals surface area contributed by atoms with Gasteiger partial charge in [-0.15, -0.1) is 0 Å². The van der Waals surface area contributed by atoms with Crippen molar-refractivity contribution in [3.63, 3.8) is 0 Å². The second-order valence-corrected chi connectivity index (χ2v) is 6.19. The Labute approximate surface area is 145 Å². The van der Waals surface area contributed by atoms with Gasteiger partial charge in [0.1, 0.15) is 5.75 Å². The molecule has 0 amide bonds. The summed E-state index contributed by atoms with van der Waals surface area (Å²) < 4.78 is 5.74. The van der Waals surface area contributed by atoms with Crippen LogP contribution in [0.15, 0.2) is 53.6 Å². The molecule has 1 heterocycles. The first-order valence-corrected chi connectivity index (χ1v) is 8.74. The van der Waals surface area contributed by atoms with Gasteiger partial charge in [0.2, 0.25) is 0 Å². The number of allylic oxidation sites excluding steroid dienone is 2. The first kappa shape index (κ1) is 18.6. The van der Waals surface area contributed by atoms with Crippen molar-refractivity contribution < 1.29 is 14.8 Å². The molecule has 0 fully saturated rings. The summed E-state index contributed by atoms with van der Waals surface area (Å²) in [7, 11) is -0.726. The summed E-state index contributed by atoms with van der Waals surface area (Å²) in [4.78, 5) is 0. The molecule has 0 saturated carbocycles. The zero-order chi connectivity index (χ0) is 17.5. The molecular formula is C20H27BO3. The molecule has 0 spiro atoms. The topological polar surface area (TPSA) is 49.7 Å². The van der Waals surface area contributed by atoms with Crippen LogP contribution in [0.2, 0.25) is 6.32 Å². The molecule has 0 saturated heterocycles. The smallest absolute Gasteiger partial charge is 0.458 e. The van der Waals surface area contributed by atoms with E-state index in [1.165, 1.54) is 5.57 Å². The monoisotopic (exact) mass is 326 g/mol. The van der Waals surface area contributed by atoms with Gasteiger partial charge >= 0.3 is 7.12 Å². The van der Waals surface area contributed by atoms with Crippen LogP contribution in [0.1, 0.15) is 45.1 Å². The molecule has 1 aromatic carbocycles. The highest BCUT2D eigenvalue weighted by molar-refractivity contribution is 6.43. The largest absolute Gasteiger partial charge is 0.507 e. The summed E-state index contributed by atoms with van der Waals surface area (Å²) in [6, 6.07) is 7.36. The third kappa shape index (κ3) is 4.86. The van der Waals surface area contributed by atoms with E-state index < -0.39 is 7.12 Å². The molecule has 4 heteroatoms. The zero-order valence-corrected chi connectivity index (χ0v) is 14.7. The lowest BCUT2D eigenvalue weighted by atomic mass is 9.77. The standard InChI is InChI=1S/C20H27BO3/c1-4-15(3)18-12-13-21(23)24-20(18)11-10-16(5-2)14-17-8-6-7-9-19(17)22/h6-9,12,14,20,22-23H,3-5,10-11,13H2,1-2H3/b16-14+. The van der Waals surface area contributed by atoms with Crippen molar-refractivity contribution in [3.8, 4) is 5.75 Å². The van der Waals surface area contributed by atoms with E-state index in [1.54, 1.807) is 6.07 Å². The summed E-state index contributed by atoms with van der Waals surface area (Å²) in [6.07, 6.45) is 7.98. The van der Waals surface area contributed by atoms with E-state index >= 15 is 0 Å². The molecule has 2 N–H and O–H groups in total. The minimum Gasteiger partial charge on any atom is -0.507 e. The molecule has 0 radical (unpaired) electrons. The summed E-state index contributed by atoms with van der Waals surface area (Å²) in [5.41, 5.74) is 4.30. The molecule has 0 bridgehead atoms. The average Bonchev–Trinajstić information content (AvgIpc) is 2.59. The van der Waals surface area contributed by atoms with Crippen LogP contribution in [0.3, 0.4) is 0 Å². The number of benzene rings is 1. The van der Waals surface area contributed by atoms with Gasteiger partial charge in [-0.25, -0.2) is 0 Å². The number of hydrogen-bond acceptors (Lipinski definition) is 3. The number of phenolic OH excluding ortho intramolecular Hbond substituents is 1. The molecule has 1 aromatic rings. The molecule has 0 aromatic heterocycles. The Bertz CT molecular complexity index is 634. The van der Waals surface area contributed by atoms with Gasteiger partial charge in [0.25, 0.3) is 0 Å². The van der Waals surface area contributed by atoms with E-state index in [9.17, 15) is 10.1 Å². The van der Waals surface area contributed by atoms with Crippen LogP contribution in [-0.2, 0) is 4.65 Å². The molecule has 1 aliphatic heterocycles. The Morgan fingerprint density at radius 1 is 1.33 bits per heavy atom. The van der Waals surface area contributed by atoms with Crippen molar-refractivity contribution in [1.82, 2.24) is 0 Å². The van der Waals surface area contributed by atoms with Gasteiger partial charge in [-0.05, 0) is 37.3 Å². The quantitative estimate of drug-likeness (QED) is 0.712. The van der Waals surface area contributed by atoms with Crippen LogP contribution in [0.5, 0.6) is 5.75 Å². The fourth-order valence-corrected chi connectivity index (χ4v) is 2.97. The number of rotatable bonds is 7. The highest BCUT2D eigenvalue weighted by Gasteiger charge is 2.27. The maximum atomic E-state index is 9.93. The SMILES string of the molecule is C=C(CC)C1=CCB(O)OC1CC/C(=C/c1ccccc1O)CC. The molecule has 1 atom stereocenters. The predicted octanol–water partition coefficient (Wildman–Crippen LogP) is 4.74. The van der Waals surface area contributed by atoms with E-state index in [2.05, 4.69) is 26.5 Å². The summed E-state index contributed by atoms with van der Waals surface area (Å²) >= 11 is 0. The fraction of sp³-hybridized carbons (Fsp3) is 0.400. The van der Waals surface area contributed by atoms with Gasteiger partial charge in [-0.3, -0.25) is 0 Å². The van der Waals surface area contributed by atoms with E-state index in [0.29, 0.717) is 12.1 Å². The van der Waals surface area contributed by atoms with Crippen LogP contribution in [-0.4, -0.2) is 23.4 Å². The van der Waals surface area contributed by atoms with Crippen molar-refractivity contribution >= 4 is 13.2 Å². The maximum absolute atomic E-state index is 9.93. The van der Waals surface area contributed by atoms with Crippen LogP contribution in [0.4, 0.5) is 0 Å². The molecule has 3 nitrogen and oxygen atoms in total. The Hall–Kier alpha value is -1.78. The molecular weight excluding hydrogens is 299 g/mol. The lowest BCUT2D eigenvalue weighted by Gasteiger charge is -2.28. The minimum atomic E-state index is -0.726. The highest BCUT2D eigenvalue weighted by Crippen LogP contribution is 2.30. The Kier molecular flexibility index (Phi) is 6.89. The molecule has 1 aliphatic rings. The second-order valence-electron chi connectivity index (χ2n) is 6.19. The van der Waals surface area contributed by atoms with Gasteiger partial charge in [-0.2, -0.15) is 0 Å². The number of para-hydroxylation sites is 1. The lowest BCUT2D eigenvalue weighted by molar-refractivity contribution is 0.183. The van der Waals surface area contributed by atoms with E-state index in [-0.39, 0.29) is 6.10 Å². The van der Waals surface area contributed by atoms with Crippen molar-refractivity contribution in [2.75, 3.05) is 0 Å². The van der Waals surface area contributed by atoms with Crippen molar-refractivity contribution in [2.45, 2.75) is 52.0 Å². The highest BCUT2D eigenvalue weighted by atomic mass is 16.5. The Morgan fingerprint density at radius 2 is 2.08 bits per heavy atom. The maximum Gasteiger partial charge on any atom is 0.458 e. The van der Waals surface area contributed by atoms with Crippen molar-refractivity contribution in [2.24, 2.45) is 0 Å². The summed E-state index contributed by atoms with van der Waals surface area (Å²) in [5.74, 6) is 0.299. The van der Waals surface area contributed by atoms with Crippen LogP contribution in [0, 0.1) is 0 Å². The third-order valence-electron chi connectivity index (χ3n) is 4.52. The Morgan fingerprint density at radius 3 is 2.75 bits per heavy atom. The van der Waals surface area contributed by atoms with Gasteiger partial charge in [0.05, 0.1) is 6.10 Å². The molecule has 0 aliphatic carbocycles. The van der Waals surface area contributed by atoms with Gasteiger partial charge in [0.15, 0.2) is 0 Å². The number of phenols is 1. The number of aromatic hydroxyl groups is 1. The van der Waals surface area contributed by atoms with E-state index in [0.717, 1.165) is 42.4 Å². The molecule has 1 unspecified atom stereocenters. The van der Waals surface area contributed by atoms with Crippen molar-refractivity contribution in [1.29, 1.82) is 0 Å². The van der Waals surface area contributed by atoms with Crippen LogP contribution in [0.25, 0.3) is 6.08 Å². The van der Waals surface area contributed by atoms with Crippen LogP contribution >= 0.6 is 0 Å². The van der Waals surface area contributed by atoms with Gasteiger partial charge < -0.3 is 14.8 Å². The van der Waals surface area contributed by atoms with Gasteiger partial charge in [-0.1, -0.05) is 61.9 Å². The van der Waals surface area contributed by atoms with Crippen molar-refractivity contribution in [3.05, 3.63) is 59.2 Å². The fourth-order valence-electron chi connectivity index (χ4n) is 2.97. The Balaban J connectivity index is 2.09. The second kappa shape index (κ2) is 8.90. The number of hydrogen-bond donors (Lipinski definition) is 2. The minimum absolute atomic E-state index is 0.111. The van der Waals surface area contributed by atoms with Crippen LogP contribution < -0.4 is 0 Å². The summed E-state index contributed by atoms with van der Waals surface area (Å²) in [6.45, 7) is 8.32. The third-order valence-corrected chi connectivity index (χ3v) is 4.52. The average molecular weight is 326 g/mol. The normalized spacial score (nSPS) is 18.5. The zero-order valence-electron chi connectivity index (χ0n) is 14.7. The molecule has 128 valence electrons. The molecule has 24 heavy (non-hydrogen) atoms. The first-order valence-electron chi connectivity index (χ1n) is 8.74. The van der Waals surface area contributed by atoms with E-state index in [4.69, 9.17) is 4.65 Å². The predicted molar refractivity (Wildman–Crippen MR) is 101 cm³/mol. The first-order chi connectivity index (χ1) is 11.5. The molecule has 2 rings (SSSR count). The van der Waals surface area contributed by atoms with E-state index in [1.807, 2.05) is 24.3 Å².